The van der Waals surface area contributed by atoms with Crippen LogP contribution in [0.25, 0.3) is 0 Å². The zero-order chi connectivity index (χ0) is 13.1. The number of ether oxygens (including phenoxy) is 1. The van der Waals surface area contributed by atoms with E-state index in [1.54, 1.807) is 0 Å². The normalized spacial score (nSPS) is 20.5. The highest BCUT2D eigenvalue weighted by atomic mass is 19.4. The van der Waals surface area contributed by atoms with E-state index in [1.165, 1.54) is 6.92 Å². The topological polar surface area (TPSA) is 50.4 Å². The number of carbonyl (C=O) groups is 1. The van der Waals surface area contributed by atoms with Crippen LogP contribution in [0.1, 0.15) is 13.8 Å². The van der Waals surface area contributed by atoms with Crippen LogP contribution in [0.15, 0.2) is 0 Å². The van der Waals surface area contributed by atoms with Gasteiger partial charge in [0.2, 0.25) is 5.91 Å². The van der Waals surface area contributed by atoms with E-state index >= 15 is 0 Å². The summed E-state index contributed by atoms with van der Waals surface area (Å²) in [6.45, 7) is 4.00. The van der Waals surface area contributed by atoms with E-state index < -0.39 is 24.7 Å². The van der Waals surface area contributed by atoms with Crippen molar-refractivity contribution in [3.8, 4) is 0 Å². The van der Waals surface area contributed by atoms with Crippen molar-refractivity contribution in [1.82, 2.24) is 10.6 Å². The average molecular weight is 254 g/mol. The van der Waals surface area contributed by atoms with Crippen molar-refractivity contribution in [1.29, 1.82) is 0 Å². The van der Waals surface area contributed by atoms with E-state index in [0.717, 1.165) is 0 Å². The van der Waals surface area contributed by atoms with E-state index in [9.17, 15) is 18.0 Å². The SMILES string of the molecule is CC(NCC1(C)COC1)C(=O)NCC(F)(F)F. The van der Waals surface area contributed by atoms with Crippen LogP contribution in [0.2, 0.25) is 0 Å². The fourth-order valence-electron chi connectivity index (χ4n) is 1.39. The van der Waals surface area contributed by atoms with Gasteiger partial charge in [-0.1, -0.05) is 6.92 Å². The lowest BCUT2D eigenvalue weighted by molar-refractivity contribution is -0.140. The third kappa shape index (κ3) is 4.91. The Kier molecular flexibility index (Phi) is 4.37. The van der Waals surface area contributed by atoms with E-state index in [4.69, 9.17) is 4.74 Å². The molecule has 1 aliphatic rings. The molecule has 0 saturated carbocycles. The first-order chi connectivity index (χ1) is 7.72. The van der Waals surface area contributed by atoms with Gasteiger partial charge in [0.1, 0.15) is 6.54 Å². The van der Waals surface area contributed by atoms with Crippen LogP contribution in [0, 0.1) is 5.41 Å². The molecule has 100 valence electrons. The molecule has 1 fully saturated rings. The predicted octanol–water partition coefficient (Wildman–Crippen LogP) is 0.679. The highest BCUT2D eigenvalue weighted by molar-refractivity contribution is 5.81. The monoisotopic (exact) mass is 254 g/mol. The van der Waals surface area contributed by atoms with Crippen molar-refractivity contribution in [2.24, 2.45) is 5.41 Å². The van der Waals surface area contributed by atoms with Crippen LogP contribution in [0.5, 0.6) is 0 Å². The van der Waals surface area contributed by atoms with Gasteiger partial charge in [-0.15, -0.1) is 0 Å². The Morgan fingerprint density at radius 2 is 2.06 bits per heavy atom. The summed E-state index contributed by atoms with van der Waals surface area (Å²) in [5.41, 5.74) is -0.0153. The Labute approximate surface area is 97.9 Å². The maximum absolute atomic E-state index is 11.9. The molecule has 1 heterocycles. The molecule has 0 bridgehead atoms. The van der Waals surface area contributed by atoms with Crippen LogP contribution >= 0.6 is 0 Å². The number of halogens is 3. The Balaban J connectivity index is 2.22. The summed E-state index contributed by atoms with van der Waals surface area (Å²) in [5.74, 6) is -0.647. The van der Waals surface area contributed by atoms with Gasteiger partial charge >= 0.3 is 6.18 Å². The van der Waals surface area contributed by atoms with Gasteiger partial charge in [-0.2, -0.15) is 13.2 Å². The Morgan fingerprint density at radius 3 is 2.47 bits per heavy atom. The third-order valence-corrected chi connectivity index (χ3v) is 2.59. The number of hydrogen-bond acceptors (Lipinski definition) is 3. The number of alkyl halides is 3. The molecule has 4 nitrogen and oxygen atoms in total. The Hall–Kier alpha value is -0.820. The molecule has 1 saturated heterocycles. The van der Waals surface area contributed by atoms with Gasteiger partial charge in [0, 0.05) is 12.0 Å². The largest absolute Gasteiger partial charge is 0.405 e. The molecule has 7 heteroatoms. The molecule has 0 aromatic heterocycles. The molecule has 0 radical (unpaired) electrons. The first-order valence-corrected chi connectivity index (χ1v) is 5.37. The Morgan fingerprint density at radius 1 is 1.47 bits per heavy atom. The highest BCUT2D eigenvalue weighted by Gasteiger charge is 2.34. The molecule has 1 rings (SSSR count). The molecule has 0 aliphatic carbocycles. The molecule has 1 amide bonds. The van der Waals surface area contributed by atoms with Crippen molar-refractivity contribution >= 4 is 5.91 Å². The predicted molar refractivity (Wildman–Crippen MR) is 55.5 cm³/mol. The maximum Gasteiger partial charge on any atom is 0.405 e. The number of hydrogen-bond donors (Lipinski definition) is 2. The molecule has 1 aliphatic heterocycles. The second-order valence-corrected chi connectivity index (χ2v) is 4.74. The molecule has 0 spiro atoms. The number of amides is 1. The first kappa shape index (κ1) is 14.2. The van der Waals surface area contributed by atoms with E-state index in [2.05, 4.69) is 5.32 Å². The van der Waals surface area contributed by atoms with Gasteiger partial charge in [0.05, 0.1) is 19.3 Å². The molecule has 0 aromatic carbocycles. The quantitative estimate of drug-likeness (QED) is 0.758. The van der Waals surface area contributed by atoms with E-state index in [0.29, 0.717) is 19.8 Å². The standard InChI is InChI=1S/C10H17F3N2O2/c1-7(8(16)15-4-10(11,12)13)14-3-9(2)5-17-6-9/h7,14H,3-6H2,1-2H3,(H,15,16). The minimum absolute atomic E-state index is 0.0153. The van der Waals surface area contributed by atoms with E-state index in [-0.39, 0.29) is 5.41 Å². The van der Waals surface area contributed by atoms with Crippen molar-refractivity contribution in [2.45, 2.75) is 26.1 Å². The smallest absolute Gasteiger partial charge is 0.380 e. The number of nitrogens with one attached hydrogen (secondary N) is 2. The summed E-state index contributed by atoms with van der Waals surface area (Å²) in [5, 5.41) is 4.74. The van der Waals surface area contributed by atoms with Crippen LogP contribution in [0.4, 0.5) is 13.2 Å². The van der Waals surface area contributed by atoms with Crippen LogP contribution in [-0.2, 0) is 9.53 Å². The molecular weight excluding hydrogens is 237 g/mol. The van der Waals surface area contributed by atoms with Gasteiger partial charge < -0.3 is 15.4 Å². The zero-order valence-corrected chi connectivity index (χ0v) is 9.86. The lowest BCUT2D eigenvalue weighted by Gasteiger charge is -2.38. The number of rotatable bonds is 5. The lowest BCUT2D eigenvalue weighted by Crippen LogP contribution is -2.52. The van der Waals surface area contributed by atoms with Crippen molar-refractivity contribution < 1.29 is 22.7 Å². The molecule has 1 unspecified atom stereocenters. The van der Waals surface area contributed by atoms with Crippen LogP contribution < -0.4 is 10.6 Å². The second kappa shape index (κ2) is 5.22. The summed E-state index contributed by atoms with van der Waals surface area (Å²) in [4.78, 5) is 11.3. The Bertz CT molecular complexity index is 277. The average Bonchev–Trinajstić information content (AvgIpc) is 2.18. The molecule has 2 N–H and O–H groups in total. The van der Waals surface area contributed by atoms with Gasteiger partial charge in [0.25, 0.3) is 0 Å². The number of carbonyl (C=O) groups excluding carboxylic acids is 1. The van der Waals surface area contributed by atoms with Crippen LogP contribution in [-0.4, -0.2) is 44.4 Å². The summed E-state index contributed by atoms with van der Waals surface area (Å²) in [6.07, 6.45) is -4.37. The van der Waals surface area contributed by atoms with Gasteiger partial charge in [-0.05, 0) is 6.92 Å². The summed E-state index contributed by atoms with van der Waals surface area (Å²) in [7, 11) is 0. The first-order valence-electron chi connectivity index (χ1n) is 5.37. The van der Waals surface area contributed by atoms with Gasteiger partial charge in [0.15, 0.2) is 0 Å². The van der Waals surface area contributed by atoms with Crippen molar-refractivity contribution in [3.63, 3.8) is 0 Å². The van der Waals surface area contributed by atoms with Crippen LogP contribution in [0.3, 0.4) is 0 Å². The fourth-order valence-corrected chi connectivity index (χ4v) is 1.39. The molecule has 1 atom stereocenters. The lowest BCUT2D eigenvalue weighted by atomic mass is 9.88. The van der Waals surface area contributed by atoms with Gasteiger partial charge in [-0.25, -0.2) is 0 Å². The summed E-state index contributed by atoms with van der Waals surface area (Å²) < 4.78 is 40.6. The maximum atomic E-state index is 11.9. The van der Waals surface area contributed by atoms with E-state index in [1.807, 2.05) is 12.2 Å². The molecule has 0 aromatic rings. The zero-order valence-electron chi connectivity index (χ0n) is 9.86. The highest BCUT2D eigenvalue weighted by Crippen LogP contribution is 2.25. The molecule has 17 heavy (non-hydrogen) atoms. The minimum atomic E-state index is -4.37. The third-order valence-electron chi connectivity index (χ3n) is 2.59. The fraction of sp³-hybridized carbons (Fsp3) is 0.900. The second-order valence-electron chi connectivity index (χ2n) is 4.74. The van der Waals surface area contributed by atoms with Crippen molar-refractivity contribution in [3.05, 3.63) is 0 Å². The summed E-state index contributed by atoms with van der Waals surface area (Å²) in [6, 6.07) is -0.644. The van der Waals surface area contributed by atoms with Gasteiger partial charge in [-0.3, -0.25) is 4.79 Å². The minimum Gasteiger partial charge on any atom is -0.380 e. The van der Waals surface area contributed by atoms with Crippen molar-refractivity contribution in [2.75, 3.05) is 26.3 Å². The molecular formula is C10H17F3N2O2. The summed E-state index contributed by atoms with van der Waals surface area (Å²) >= 11 is 0.